The Labute approximate surface area is 95.3 Å². The molecular weight excluding hydrogens is 210 g/mol. The smallest absolute Gasteiger partial charge is 0.120 e. The third-order valence-corrected chi connectivity index (χ3v) is 3.18. The normalized spacial score (nSPS) is 20.4. The molecule has 0 saturated heterocycles. The minimum absolute atomic E-state index is 0.304. The monoisotopic (exact) mass is 225 g/mol. The number of rotatable bonds is 1. The summed E-state index contributed by atoms with van der Waals surface area (Å²) in [4.78, 5) is 0. The van der Waals surface area contributed by atoms with Gasteiger partial charge in [-0.25, -0.2) is 0 Å². The van der Waals surface area contributed by atoms with Gasteiger partial charge in [0.15, 0.2) is 0 Å². The molecule has 1 aromatic carbocycles. The van der Waals surface area contributed by atoms with Gasteiger partial charge < -0.3 is 10.4 Å². The Kier molecular flexibility index (Phi) is 2.89. The van der Waals surface area contributed by atoms with Gasteiger partial charge in [-0.3, -0.25) is 0 Å². The quantitative estimate of drug-likeness (QED) is 0.771. The van der Waals surface area contributed by atoms with E-state index in [9.17, 15) is 5.11 Å². The number of aromatic hydroxyl groups is 1. The summed E-state index contributed by atoms with van der Waals surface area (Å²) in [6.45, 7) is 5.26. The second-order valence-electron chi connectivity index (χ2n) is 4.42. The molecule has 82 valence electrons. The van der Waals surface area contributed by atoms with Crippen molar-refractivity contribution in [3.8, 4) is 5.75 Å². The van der Waals surface area contributed by atoms with E-state index in [0.717, 1.165) is 24.1 Å². The average molecular weight is 226 g/mol. The first-order valence-corrected chi connectivity index (χ1v) is 5.72. The summed E-state index contributed by atoms with van der Waals surface area (Å²) < 4.78 is 0. The second-order valence-corrected chi connectivity index (χ2v) is 4.85. The van der Waals surface area contributed by atoms with E-state index in [-0.39, 0.29) is 0 Å². The molecule has 2 nitrogen and oxygen atoms in total. The van der Waals surface area contributed by atoms with E-state index in [1.165, 1.54) is 0 Å². The second kappa shape index (κ2) is 4.03. The zero-order valence-corrected chi connectivity index (χ0v) is 9.80. The number of hydrogen-bond donors (Lipinski definition) is 2. The van der Waals surface area contributed by atoms with Crippen molar-refractivity contribution in [1.29, 1.82) is 0 Å². The summed E-state index contributed by atoms with van der Waals surface area (Å²) in [5.41, 5.74) is 2.21. The Morgan fingerprint density at radius 2 is 2.20 bits per heavy atom. The molecule has 1 heterocycles. The summed E-state index contributed by atoms with van der Waals surface area (Å²) in [6.07, 6.45) is 0.877. The van der Waals surface area contributed by atoms with Crippen LogP contribution in [-0.2, 0) is 6.42 Å². The SMILES string of the molecule is CC(C)C1NCCc2c(O)cc(Cl)cc21. The molecule has 0 fully saturated rings. The number of hydrogen-bond acceptors (Lipinski definition) is 2. The minimum Gasteiger partial charge on any atom is -0.508 e. The van der Waals surface area contributed by atoms with Gasteiger partial charge in [-0.1, -0.05) is 25.4 Å². The van der Waals surface area contributed by atoms with Crippen LogP contribution in [-0.4, -0.2) is 11.7 Å². The molecule has 1 atom stereocenters. The van der Waals surface area contributed by atoms with Crippen molar-refractivity contribution in [2.24, 2.45) is 5.92 Å². The van der Waals surface area contributed by atoms with Crippen LogP contribution in [0, 0.1) is 5.92 Å². The van der Waals surface area contributed by atoms with E-state index in [1.54, 1.807) is 6.07 Å². The fraction of sp³-hybridized carbons (Fsp3) is 0.500. The lowest BCUT2D eigenvalue weighted by Gasteiger charge is -2.30. The zero-order valence-electron chi connectivity index (χ0n) is 9.05. The lowest BCUT2D eigenvalue weighted by atomic mass is 9.87. The summed E-state index contributed by atoms with van der Waals surface area (Å²) in [6, 6.07) is 3.90. The summed E-state index contributed by atoms with van der Waals surface area (Å²) in [5.74, 6) is 0.839. The first-order valence-electron chi connectivity index (χ1n) is 5.34. The molecule has 2 rings (SSSR count). The number of phenols is 1. The van der Waals surface area contributed by atoms with Crippen LogP contribution in [0.4, 0.5) is 0 Å². The molecule has 0 aromatic heterocycles. The molecule has 1 aliphatic rings. The number of phenolic OH excluding ortho intramolecular Hbond substituents is 1. The molecule has 0 bridgehead atoms. The summed E-state index contributed by atoms with van der Waals surface area (Å²) in [5, 5.41) is 13.9. The third-order valence-electron chi connectivity index (χ3n) is 2.97. The van der Waals surface area contributed by atoms with Gasteiger partial charge in [0.1, 0.15) is 5.75 Å². The van der Waals surface area contributed by atoms with Gasteiger partial charge in [0.2, 0.25) is 0 Å². The molecule has 0 amide bonds. The molecule has 0 saturated carbocycles. The minimum atomic E-state index is 0.304. The highest BCUT2D eigenvalue weighted by Crippen LogP contribution is 2.35. The molecule has 0 aliphatic carbocycles. The van der Waals surface area contributed by atoms with E-state index in [0.29, 0.717) is 22.7 Å². The highest BCUT2D eigenvalue weighted by molar-refractivity contribution is 6.30. The highest BCUT2D eigenvalue weighted by Gasteiger charge is 2.24. The van der Waals surface area contributed by atoms with Gasteiger partial charge in [-0.05, 0) is 36.6 Å². The van der Waals surface area contributed by atoms with Crippen LogP contribution in [0.1, 0.15) is 31.0 Å². The topological polar surface area (TPSA) is 32.3 Å². The Hall–Kier alpha value is -0.730. The van der Waals surface area contributed by atoms with Crippen LogP contribution in [0.25, 0.3) is 0 Å². The maximum atomic E-state index is 9.82. The van der Waals surface area contributed by atoms with Gasteiger partial charge >= 0.3 is 0 Å². The Morgan fingerprint density at radius 1 is 1.47 bits per heavy atom. The highest BCUT2D eigenvalue weighted by atomic mass is 35.5. The fourth-order valence-electron chi connectivity index (χ4n) is 2.25. The zero-order chi connectivity index (χ0) is 11.0. The number of halogens is 1. The van der Waals surface area contributed by atoms with Crippen LogP contribution in [0.5, 0.6) is 5.75 Å². The Balaban J connectivity index is 2.50. The van der Waals surface area contributed by atoms with Crippen LogP contribution in [0.3, 0.4) is 0 Å². The largest absolute Gasteiger partial charge is 0.508 e. The van der Waals surface area contributed by atoms with Gasteiger partial charge in [-0.15, -0.1) is 0 Å². The number of benzene rings is 1. The molecule has 1 aromatic rings. The van der Waals surface area contributed by atoms with Gasteiger partial charge in [-0.2, -0.15) is 0 Å². The van der Waals surface area contributed by atoms with Crippen molar-refractivity contribution in [2.75, 3.05) is 6.54 Å². The van der Waals surface area contributed by atoms with E-state index in [4.69, 9.17) is 11.6 Å². The van der Waals surface area contributed by atoms with Crippen LogP contribution >= 0.6 is 11.6 Å². The van der Waals surface area contributed by atoms with E-state index < -0.39 is 0 Å². The molecule has 1 aliphatic heterocycles. The van der Waals surface area contributed by atoms with Crippen molar-refractivity contribution >= 4 is 11.6 Å². The maximum Gasteiger partial charge on any atom is 0.120 e. The fourth-order valence-corrected chi connectivity index (χ4v) is 2.47. The van der Waals surface area contributed by atoms with Crippen molar-refractivity contribution in [1.82, 2.24) is 5.32 Å². The molecular formula is C12H16ClNO. The number of nitrogens with one attached hydrogen (secondary N) is 1. The van der Waals surface area contributed by atoms with Crippen molar-refractivity contribution in [3.05, 3.63) is 28.3 Å². The average Bonchev–Trinajstić information content (AvgIpc) is 2.16. The standard InChI is InChI=1S/C12H16ClNO/c1-7(2)12-10-5-8(13)6-11(15)9(10)3-4-14-12/h5-7,12,14-15H,3-4H2,1-2H3. The van der Waals surface area contributed by atoms with Crippen LogP contribution in [0.2, 0.25) is 5.02 Å². The van der Waals surface area contributed by atoms with Crippen LogP contribution in [0.15, 0.2) is 12.1 Å². The summed E-state index contributed by atoms with van der Waals surface area (Å²) in [7, 11) is 0. The lowest BCUT2D eigenvalue weighted by molar-refractivity contribution is 0.385. The van der Waals surface area contributed by atoms with Crippen molar-refractivity contribution in [3.63, 3.8) is 0 Å². The molecule has 1 unspecified atom stereocenters. The number of fused-ring (bicyclic) bond motifs is 1. The van der Waals surface area contributed by atoms with E-state index in [2.05, 4.69) is 19.2 Å². The predicted octanol–water partition coefficient (Wildman–Crippen LogP) is 2.89. The lowest BCUT2D eigenvalue weighted by Crippen LogP contribution is -2.33. The van der Waals surface area contributed by atoms with E-state index in [1.807, 2.05) is 6.07 Å². The molecule has 15 heavy (non-hydrogen) atoms. The first kappa shape index (κ1) is 10.8. The van der Waals surface area contributed by atoms with Gasteiger partial charge in [0.25, 0.3) is 0 Å². The predicted molar refractivity (Wildman–Crippen MR) is 62.4 cm³/mol. The summed E-state index contributed by atoms with van der Waals surface area (Å²) >= 11 is 5.96. The molecule has 3 heteroatoms. The van der Waals surface area contributed by atoms with Gasteiger partial charge in [0, 0.05) is 16.6 Å². The van der Waals surface area contributed by atoms with E-state index >= 15 is 0 Å². The Bertz CT molecular complexity index is 376. The molecule has 0 radical (unpaired) electrons. The Morgan fingerprint density at radius 3 is 2.87 bits per heavy atom. The van der Waals surface area contributed by atoms with Crippen molar-refractivity contribution < 1.29 is 5.11 Å². The van der Waals surface area contributed by atoms with Crippen LogP contribution < -0.4 is 5.32 Å². The maximum absolute atomic E-state index is 9.82. The van der Waals surface area contributed by atoms with Crippen molar-refractivity contribution in [2.45, 2.75) is 26.3 Å². The molecule has 0 spiro atoms. The third kappa shape index (κ3) is 1.97. The first-order chi connectivity index (χ1) is 7.09. The molecule has 2 N–H and O–H groups in total. The van der Waals surface area contributed by atoms with Gasteiger partial charge in [0.05, 0.1) is 0 Å².